The van der Waals surface area contributed by atoms with E-state index in [9.17, 15) is 4.39 Å². The Kier molecular flexibility index (Phi) is 5.03. The molecule has 2 heteroatoms. The Morgan fingerprint density at radius 1 is 1.11 bits per heavy atom. The van der Waals surface area contributed by atoms with Crippen LogP contribution in [0.4, 0.5) is 4.39 Å². The van der Waals surface area contributed by atoms with Gasteiger partial charge >= 0.3 is 0 Å². The van der Waals surface area contributed by atoms with Crippen molar-refractivity contribution >= 4 is 0 Å². The van der Waals surface area contributed by atoms with Crippen LogP contribution in [0, 0.1) is 35.0 Å². The zero-order chi connectivity index (χ0) is 13.0. The molecule has 0 aromatic rings. The first-order valence-electron chi connectivity index (χ1n) is 7.80. The van der Waals surface area contributed by atoms with E-state index in [-0.39, 0.29) is 11.8 Å². The third-order valence-electron chi connectivity index (χ3n) is 5.21. The summed E-state index contributed by atoms with van der Waals surface area (Å²) >= 11 is 0. The fourth-order valence-corrected chi connectivity index (χ4v) is 4.14. The van der Waals surface area contributed by atoms with Crippen molar-refractivity contribution in [1.82, 2.24) is 0 Å². The molecule has 0 radical (unpaired) electrons. The van der Waals surface area contributed by atoms with Crippen molar-refractivity contribution < 1.29 is 4.39 Å². The van der Waals surface area contributed by atoms with Crippen LogP contribution >= 0.6 is 0 Å². The molecule has 2 aliphatic carbocycles. The molecule has 0 saturated heterocycles. The van der Waals surface area contributed by atoms with Crippen LogP contribution in [0.15, 0.2) is 0 Å². The SMILES string of the molecule is CCCC1CCC(C2CCCC(C#N)C2F)CC1. The highest BCUT2D eigenvalue weighted by Gasteiger charge is 2.39. The number of alkyl halides is 1. The van der Waals surface area contributed by atoms with Gasteiger partial charge in [-0.05, 0) is 43.4 Å². The van der Waals surface area contributed by atoms with Gasteiger partial charge in [0.25, 0.3) is 0 Å². The minimum atomic E-state index is -0.850. The lowest BCUT2D eigenvalue weighted by Gasteiger charge is -2.39. The predicted octanol–water partition coefficient (Wildman–Crippen LogP) is 4.87. The number of hydrogen-bond acceptors (Lipinski definition) is 1. The number of hydrogen-bond donors (Lipinski definition) is 0. The number of nitrogens with zero attached hydrogens (tertiary/aromatic N) is 1. The van der Waals surface area contributed by atoms with Crippen LogP contribution in [-0.4, -0.2) is 6.17 Å². The molecule has 3 unspecified atom stereocenters. The van der Waals surface area contributed by atoms with Crippen molar-refractivity contribution in [2.24, 2.45) is 23.7 Å². The van der Waals surface area contributed by atoms with Crippen LogP contribution in [0.5, 0.6) is 0 Å². The lowest BCUT2D eigenvalue weighted by Crippen LogP contribution is -2.35. The number of rotatable bonds is 3. The van der Waals surface area contributed by atoms with Gasteiger partial charge in [0.1, 0.15) is 6.17 Å². The van der Waals surface area contributed by atoms with Crippen molar-refractivity contribution in [3.05, 3.63) is 0 Å². The van der Waals surface area contributed by atoms with Crippen molar-refractivity contribution in [1.29, 1.82) is 5.26 Å². The standard InChI is InChI=1S/C16H26FN/c1-2-4-12-7-9-13(10-8-12)15-6-3-5-14(11-18)16(15)17/h12-16H,2-10H2,1H3. The molecule has 2 aliphatic rings. The Morgan fingerprint density at radius 3 is 2.44 bits per heavy atom. The summed E-state index contributed by atoms with van der Waals surface area (Å²) in [6.07, 6.45) is 9.61. The fourth-order valence-electron chi connectivity index (χ4n) is 4.14. The maximum Gasteiger partial charge on any atom is 0.119 e. The van der Waals surface area contributed by atoms with Gasteiger partial charge in [-0.2, -0.15) is 5.26 Å². The number of nitriles is 1. The molecule has 3 atom stereocenters. The van der Waals surface area contributed by atoms with Crippen molar-refractivity contribution in [3.8, 4) is 6.07 Å². The van der Waals surface area contributed by atoms with Crippen LogP contribution in [0.3, 0.4) is 0 Å². The Labute approximate surface area is 111 Å². The quantitative estimate of drug-likeness (QED) is 0.702. The first-order valence-corrected chi connectivity index (χ1v) is 7.80. The molecule has 0 aromatic heterocycles. The van der Waals surface area contributed by atoms with E-state index >= 15 is 0 Å². The lowest BCUT2D eigenvalue weighted by atomic mass is 9.67. The van der Waals surface area contributed by atoms with E-state index in [4.69, 9.17) is 5.26 Å². The molecule has 0 spiro atoms. The largest absolute Gasteiger partial charge is 0.246 e. The molecule has 0 N–H and O–H groups in total. The van der Waals surface area contributed by atoms with Gasteiger partial charge in [-0.25, -0.2) is 4.39 Å². The minimum absolute atomic E-state index is 0.186. The molecule has 0 heterocycles. The highest BCUT2D eigenvalue weighted by Crippen LogP contribution is 2.43. The Balaban J connectivity index is 1.87. The molecule has 0 aliphatic heterocycles. The summed E-state index contributed by atoms with van der Waals surface area (Å²) in [5.74, 6) is 1.31. The van der Waals surface area contributed by atoms with E-state index in [2.05, 4.69) is 13.0 Å². The van der Waals surface area contributed by atoms with Crippen LogP contribution in [-0.2, 0) is 0 Å². The van der Waals surface area contributed by atoms with Crippen molar-refractivity contribution in [3.63, 3.8) is 0 Å². The second kappa shape index (κ2) is 6.55. The van der Waals surface area contributed by atoms with Gasteiger partial charge < -0.3 is 0 Å². The van der Waals surface area contributed by atoms with Gasteiger partial charge in [0.2, 0.25) is 0 Å². The van der Waals surface area contributed by atoms with E-state index in [1.54, 1.807) is 0 Å². The van der Waals surface area contributed by atoms with Crippen LogP contribution < -0.4 is 0 Å². The molecule has 18 heavy (non-hydrogen) atoms. The lowest BCUT2D eigenvalue weighted by molar-refractivity contribution is 0.0576. The molecule has 0 aromatic carbocycles. The summed E-state index contributed by atoms with van der Waals surface area (Å²) in [6, 6.07) is 2.18. The van der Waals surface area contributed by atoms with Gasteiger partial charge in [-0.3, -0.25) is 0 Å². The minimum Gasteiger partial charge on any atom is -0.246 e. The maximum absolute atomic E-state index is 14.3. The Bertz CT molecular complexity index is 288. The third kappa shape index (κ3) is 3.05. The summed E-state index contributed by atoms with van der Waals surface area (Å²) in [4.78, 5) is 0. The van der Waals surface area contributed by atoms with Gasteiger partial charge in [0.05, 0.1) is 12.0 Å². The summed E-state index contributed by atoms with van der Waals surface area (Å²) < 4.78 is 14.3. The molecule has 2 saturated carbocycles. The van der Waals surface area contributed by atoms with Gasteiger partial charge in [-0.15, -0.1) is 0 Å². The summed E-state index contributed by atoms with van der Waals surface area (Å²) in [5, 5.41) is 9.00. The molecule has 0 amide bonds. The highest BCUT2D eigenvalue weighted by atomic mass is 19.1. The van der Waals surface area contributed by atoms with E-state index in [1.165, 1.54) is 38.5 Å². The van der Waals surface area contributed by atoms with Gasteiger partial charge in [0.15, 0.2) is 0 Å². The second-order valence-electron chi connectivity index (χ2n) is 6.34. The maximum atomic E-state index is 14.3. The summed E-state index contributed by atoms with van der Waals surface area (Å²) in [6.45, 7) is 2.25. The van der Waals surface area contributed by atoms with Crippen LogP contribution in [0.25, 0.3) is 0 Å². The van der Waals surface area contributed by atoms with Crippen molar-refractivity contribution in [2.45, 2.75) is 70.9 Å². The number of halogens is 1. The van der Waals surface area contributed by atoms with Gasteiger partial charge in [-0.1, -0.05) is 39.0 Å². The molecular formula is C16H26FN. The third-order valence-corrected chi connectivity index (χ3v) is 5.21. The fraction of sp³-hybridized carbons (Fsp3) is 0.938. The van der Waals surface area contributed by atoms with E-state index in [1.807, 2.05) is 0 Å². The van der Waals surface area contributed by atoms with Gasteiger partial charge in [0, 0.05) is 0 Å². The van der Waals surface area contributed by atoms with E-state index in [0.29, 0.717) is 5.92 Å². The first kappa shape index (κ1) is 13.8. The molecular weight excluding hydrogens is 225 g/mol. The summed E-state index contributed by atoms with van der Waals surface area (Å²) in [7, 11) is 0. The summed E-state index contributed by atoms with van der Waals surface area (Å²) in [5.41, 5.74) is 0. The van der Waals surface area contributed by atoms with E-state index < -0.39 is 6.17 Å². The topological polar surface area (TPSA) is 23.8 Å². The molecule has 102 valence electrons. The second-order valence-corrected chi connectivity index (χ2v) is 6.34. The van der Waals surface area contributed by atoms with Crippen molar-refractivity contribution in [2.75, 3.05) is 0 Å². The molecule has 0 bridgehead atoms. The normalized spacial score (nSPS) is 41.3. The average Bonchev–Trinajstić information content (AvgIpc) is 2.41. The van der Waals surface area contributed by atoms with Crippen LogP contribution in [0.1, 0.15) is 64.7 Å². The molecule has 2 rings (SSSR count). The molecule has 2 fully saturated rings. The zero-order valence-corrected chi connectivity index (χ0v) is 11.6. The average molecular weight is 251 g/mol. The monoisotopic (exact) mass is 251 g/mol. The zero-order valence-electron chi connectivity index (χ0n) is 11.6. The Morgan fingerprint density at radius 2 is 1.83 bits per heavy atom. The first-order chi connectivity index (χ1) is 8.76. The van der Waals surface area contributed by atoms with Crippen LogP contribution in [0.2, 0.25) is 0 Å². The van der Waals surface area contributed by atoms with E-state index in [0.717, 1.165) is 25.2 Å². The molecule has 1 nitrogen and oxygen atoms in total. The predicted molar refractivity (Wildman–Crippen MR) is 71.7 cm³/mol. The highest BCUT2D eigenvalue weighted by molar-refractivity contribution is 4.97. The Hall–Kier alpha value is -0.580. The smallest absolute Gasteiger partial charge is 0.119 e.